The summed E-state index contributed by atoms with van der Waals surface area (Å²) in [5.41, 5.74) is 6.64. The molecule has 3 aromatic rings. The lowest BCUT2D eigenvalue weighted by atomic mass is 10.2. The van der Waals surface area contributed by atoms with Gasteiger partial charge < -0.3 is 5.73 Å². The van der Waals surface area contributed by atoms with E-state index in [0.717, 1.165) is 20.3 Å². The van der Waals surface area contributed by atoms with E-state index in [4.69, 9.17) is 17.3 Å². The molecule has 15 heavy (non-hydrogen) atoms. The fourth-order valence-corrected chi connectivity index (χ4v) is 2.80. The lowest BCUT2D eigenvalue weighted by Gasteiger charge is -1.95. The molecule has 5 heteroatoms. The number of rotatable bonds is 0. The van der Waals surface area contributed by atoms with Crippen molar-refractivity contribution in [3.05, 3.63) is 29.5 Å². The summed E-state index contributed by atoms with van der Waals surface area (Å²) < 4.78 is 2.05. The minimum Gasteiger partial charge on any atom is -0.382 e. The van der Waals surface area contributed by atoms with Gasteiger partial charge in [-0.2, -0.15) is 4.98 Å². The van der Waals surface area contributed by atoms with Gasteiger partial charge in [-0.15, -0.1) is 11.3 Å². The summed E-state index contributed by atoms with van der Waals surface area (Å²) in [5, 5.41) is 1.28. The number of nitrogen functional groups attached to an aromatic ring is 1. The Morgan fingerprint density at radius 3 is 2.87 bits per heavy atom. The number of fused-ring (bicyclic) bond motifs is 3. The van der Waals surface area contributed by atoms with E-state index in [0.29, 0.717) is 5.82 Å². The van der Waals surface area contributed by atoms with E-state index in [2.05, 4.69) is 9.97 Å². The highest BCUT2D eigenvalue weighted by molar-refractivity contribution is 7.26. The van der Waals surface area contributed by atoms with Crippen LogP contribution in [0.5, 0.6) is 0 Å². The minimum atomic E-state index is 0.198. The zero-order valence-corrected chi connectivity index (χ0v) is 9.14. The second-order valence-electron chi connectivity index (χ2n) is 3.15. The van der Waals surface area contributed by atoms with Gasteiger partial charge >= 0.3 is 0 Å². The Balaban J connectivity index is 2.61. The van der Waals surface area contributed by atoms with E-state index >= 15 is 0 Å². The number of benzene rings is 1. The Morgan fingerprint density at radius 1 is 1.20 bits per heavy atom. The third-order valence-electron chi connectivity index (χ3n) is 2.22. The molecule has 2 N–H and O–H groups in total. The zero-order chi connectivity index (χ0) is 10.4. The summed E-state index contributed by atoms with van der Waals surface area (Å²) in [5.74, 6) is 0.450. The fraction of sp³-hybridized carbons (Fsp3) is 0. The van der Waals surface area contributed by atoms with Gasteiger partial charge in [0.1, 0.15) is 5.82 Å². The third-order valence-corrected chi connectivity index (χ3v) is 3.57. The number of hydrogen-bond donors (Lipinski definition) is 1. The highest BCUT2D eigenvalue weighted by Crippen LogP contribution is 2.35. The molecular formula is C10H6ClN3S. The summed E-state index contributed by atoms with van der Waals surface area (Å²) in [4.78, 5) is 8.15. The van der Waals surface area contributed by atoms with Gasteiger partial charge in [-0.05, 0) is 17.7 Å². The molecule has 0 saturated heterocycles. The molecule has 0 saturated carbocycles. The molecule has 0 radical (unpaired) electrons. The molecule has 3 rings (SSSR count). The van der Waals surface area contributed by atoms with Gasteiger partial charge in [-0.1, -0.05) is 18.2 Å². The summed E-state index contributed by atoms with van der Waals surface area (Å²) in [7, 11) is 0. The van der Waals surface area contributed by atoms with Crippen LogP contribution in [0.25, 0.3) is 20.3 Å². The van der Waals surface area contributed by atoms with Crippen LogP contribution < -0.4 is 5.73 Å². The Morgan fingerprint density at radius 2 is 2.00 bits per heavy atom. The molecule has 3 nitrogen and oxygen atoms in total. The van der Waals surface area contributed by atoms with E-state index in [9.17, 15) is 0 Å². The first kappa shape index (κ1) is 8.88. The van der Waals surface area contributed by atoms with Gasteiger partial charge in [0.05, 0.1) is 10.2 Å². The van der Waals surface area contributed by atoms with E-state index in [1.807, 2.05) is 24.3 Å². The average molecular weight is 236 g/mol. The average Bonchev–Trinajstić information content (AvgIpc) is 2.57. The van der Waals surface area contributed by atoms with Gasteiger partial charge in [0.15, 0.2) is 0 Å². The molecule has 0 aliphatic heterocycles. The largest absolute Gasteiger partial charge is 0.382 e. The van der Waals surface area contributed by atoms with Crippen LogP contribution in [0.15, 0.2) is 24.3 Å². The quantitative estimate of drug-likeness (QED) is 0.610. The second-order valence-corrected chi connectivity index (χ2v) is 4.54. The molecule has 2 aromatic heterocycles. The van der Waals surface area contributed by atoms with Gasteiger partial charge in [0, 0.05) is 10.1 Å². The molecule has 0 atom stereocenters. The van der Waals surface area contributed by atoms with Crippen LogP contribution in [0.3, 0.4) is 0 Å². The molecule has 0 aliphatic rings. The van der Waals surface area contributed by atoms with Crippen LogP contribution in [0.1, 0.15) is 0 Å². The molecule has 0 unspecified atom stereocenters. The fourth-order valence-electron chi connectivity index (χ4n) is 1.58. The number of nitrogens with two attached hydrogens (primary N) is 1. The number of hydrogen-bond acceptors (Lipinski definition) is 4. The maximum Gasteiger partial charge on any atom is 0.224 e. The molecule has 1 aromatic carbocycles. The van der Waals surface area contributed by atoms with Crippen LogP contribution in [-0.4, -0.2) is 9.97 Å². The normalized spacial score (nSPS) is 11.3. The van der Waals surface area contributed by atoms with Crippen molar-refractivity contribution in [2.45, 2.75) is 0 Å². The Bertz CT molecular complexity index is 662. The number of aromatic nitrogens is 2. The van der Waals surface area contributed by atoms with E-state index < -0.39 is 0 Å². The first-order valence-electron chi connectivity index (χ1n) is 4.36. The summed E-state index contributed by atoms with van der Waals surface area (Å²) >= 11 is 7.37. The molecular weight excluding hydrogens is 230 g/mol. The maximum atomic E-state index is 5.80. The summed E-state index contributed by atoms with van der Waals surface area (Å²) in [6.07, 6.45) is 0. The van der Waals surface area contributed by atoms with Crippen molar-refractivity contribution in [1.29, 1.82) is 0 Å². The van der Waals surface area contributed by atoms with Gasteiger partial charge in [-0.25, -0.2) is 4.98 Å². The standard InChI is InChI=1S/C10H6ClN3S/c11-10-13-7-5-3-1-2-4-6(5)15-8(7)9(12)14-10/h1-4H,(H2,12,13,14). The Labute approximate surface area is 94.5 Å². The minimum absolute atomic E-state index is 0.198. The highest BCUT2D eigenvalue weighted by atomic mass is 35.5. The molecule has 0 amide bonds. The van der Waals surface area contributed by atoms with Crippen LogP contribution >= 0.6 is 22.9 Å². The molecule has 0 spiro atoms. The van der Waals surface area contributed by atoms with E-state index in [-0.39, 0.29) is 5.28 Å². The van der Waals surface area contributed by atoms with Gasteiger partial charge in [0.2, 0.25) is 5.28 Å². The van der Waals surface area contributed by atoms with Crippen LogP contribution in [0, 0.1) is 0 Å². The van der Waals surface area contributed by atoms with Crippen molar-refractivity contribution >= 4 is 49.1 Å². The summed E-state index contributed by atoms with van der Waals surface area (Å²) in [6.45, 7) is 0. The van der Waals surface area contributed by atoms with Crippen molar-refractivity contribution in [1.82, 2.24) is 9.97 Å². The number of anilines is 1. The van der Waals surface area contributed by atoms with Crippen LogP contribution in [0.4, 0.5) is 5.82 Å². The SMILES string of the molecule is Nc1nc(Cl)nc2c1sc1ccccc12. The molecule has 0 fully saturated rings. The monoisotopic (exact) mass is 235 g/mol. The Kier molecular flexibility index (Phi) is 1.81. The molecule has 0 aliphatic carbocycles. The van der Waals surface area contributed by atoms with Crippen molar-refractivity contribution in [2.75, 3.05) is 5.73 Å². The first-order chi connectivity index (χ1) is 7.25. The first-order valence-corrected chi connectivity index (χ1v) is 5.55. The topological polar surface area (TPSA) is 51.8 Å². The predicted molar refractivity (Wildman–Crippen MR) is 64.3 cm³/mol. The van der Waals surface area contributed by atoms with Crippen molar-refractivity contribution < 1.29 is 0 Å². The molecule has 2 heterocycles. The number of halogens is 1. The van der Waals surface area contributed by atoms with Crippen molar-refractivity contribution in [2.24, 2.45) is 0 Å². The van der Waals surface area contributed by atoms with E-state index in [1.165, 1.54) is 0 Å². The maximum absolute atomic E-state index is 5.80. The lowest BCUT2D eigenvalue weighted by Crippen LogP contribution is -1.92. The van der Waals surface area contributed by atoms with E-state index in [1.54, 1.807) is 11.3 Å². The third kappa shape index (κ3) is 1.26. The number of nitrogens with zero attached hydrogens (tertiary/aromatic N) is 2. The molecule has 74 valence electrons. The molecule has 0 bridgehead atoms. The second kappa shape index (κ2) is 3.05. The van der Waals surface area contributed by atoms with Crippen molar-refractivity contribution in [3.8, 4) is 0 Å². The van der Waals surface area contributed by atoms with Gasteiger partial charge in [-0.3, -0.25) is 0 Å². The van der Waals surface area contributed by atoms with Crippen molar-refractivity contribution in [3.63, 3.8) is 0 Å². The van der Waals surface area contributed by atoms with Gasteiger partial charge in [0.25, 0.3) is 0 Å². The highest BCUT2D eigenvalue weighted by Gasteiger charge is 2.10. The van der Waals surface area contributed by atoms with Crippen LogP contribution in [-0.2, 0) is 0 Å². The Hall–Kier alpha value is -1.39. The smallest absolute Gasteiger partial charge is 0.224 e. The van der Waals surface area contributed by atoms with Crippen LogP contribution in [0.2, 0.25) is 5.28 Å². The predicted octanol–water partition coefficient (Wildman–Crippen LogP) is 3.08. The zero-order valence-electron chi connectivity index (χ0n) is 7.57. The lowest BCUT2D eigenvalue weighted by molar-refractivity contribution is 1.24. The number of thiophene rings is 1. The summed E-state index contributed by atoms with van der Waals surface area (Å²) in [6, 6.07) is 8.01.